The zero-order valence-corrected chi connectivity index (χ0v) is 16.6. The van der Waals surface area contributed by atoms with Gasteiger partial charge in [0.2, 0.25) is 0 Å². The summed E-state index contributed by atoms with van der Waals surface area (Å²) in [4.78, 5) is 16.1. The van der Waals surface area contributed by atoms with Crippen LogP contribution in [0.1, 0.15) is 19.3 Å². The molecule has 0 bridgehead atoms. The Morgan fingerprint density at radius 2 is 1.33 bits per heavy atom. The second kappa shape index (κ2) is 8.37. The Labute approximate surface area is 175 Å². The largest absolute Gasteiger partial charge is 0.369 e. The smallest absolute Gasteiger partial charge is 0.182 e. The molecule has 30 heavy (non-hydrogen) atoms. The Bertz CT molecular complexity index is 1110. The van der Waals surface area contributed by atoms with Crippen molar-refractivity contribution in [2.24, 2.45) is 0 Å². The highest BCUT2D eigenvalue weighted by Gasteiger charge is 2.27. The van der Waals surface area contributed by atoms with Crippen molar-refractivity contribution >= 4 is 5.69 Å². The van der Waals surface area contributed by atoms with Crippen LogP contribution in [0, 0.1) is 0 Å². The van der Waals surface area contributed by atoms with Crippen LogP contribution in [0.15, 0.2) is 73.2 Å². The molecule has 1 aliphatic heterocycles. The summed E-state index contributed by atoms with van der Waals surface area (Å²) >= 11 is 0. The van der Waals surface area contributed by atoms with Gasteiger partial charge in [0.25, 0.3) is 0 Å². The zero-order valence-electron chi connectivity index (χ0n) is 16.6. The van der Waals surface area contributed by atoms with Crippen molar-refractivity contribution in [1.82, 2.24) is 25.1 Å². The van der Waals surface area contributed by atoms with E-state index in [1.165, 1.54) is 6.42 Å². The van der Waals surface area contributed by atoms with Gasteiger partial charge >= 0.3 is 0 Å². The molecular formula is C24H22N6. The predicted molar refractivity (Wildman–Crippen MR) is 118 cm³/mol. The molecule has 0 spiro atoms. The lowest BCUT2D eigenvalue weighted by atomic mass is 9.98. The molecule has 0 amide bonds. The number of hydrogen-bond donors (Lipinski definition) is 0. The van der Waals surface area contributed by atoms with Crippen LogP contribution >= 0.6 is 0 Å². The van der Waals surface area contributed by atoms with Gasteiger partial charge in [0.15, 0.2) is 11.5 Å². The van der Waals surface area contributed by atoms with Gasteiger partial charge in [0.05, 0.1) is 16.9 Å². The fourth-order valence-electron chi connectivity index (χ4n) is 3.98. The van der Waals surface area contributed by atoms with Crippen molar-refractivity contribution < 1.29 is 0 Å². The van der Waals surface area contributed by atoms with Gasteiger partial charge in [-0.2, -0.15) is 0 Å². The summed E-state index contributed by atoms with van der Waals surface area (Å²) in [5.41, 5.74) is 5.44. The van der Waals surface area contributed by atoms with E-state index in [1.54, 1.807) is 12.4 Å². The lowest BCUT2D eigenvalue weighted by Crippen LogP contribution is -2.31. The first kappa shape index (κ1) is 18.4. The van der Waals surface area contributed by atoms with Crippen molar-refractivity contribution in [3.8, 4) is 34.0 Å². The second-order valence-electron chi connectivity index (χ2n) is 7.32. The number of hydrogen-bond acceptors (Lipinski definition) is 6. The normalized spacial score (nSPS) is 13.9. The average molecular weight is 394 g/mol. The molecule has 3 aromatic heterocycles. The van der Waals surface area contributed by atoms with E-state index in [4.69, 9.17) is 4.98 Å². The van der Waals surface area contributed by atoms with Gasteiger partial charge < -0.3 is 4.90 Å². The van der Waals surface area contributed by atoms with E-state index in [0.717, 1.165) is 54.1 Å². The van der Waals surface area contributed by atoms with E-state index in [-0.39, 0.29) is 0 Å². The molecule has 4 heterocycles. The van der Waals surface area contributed by atoms with Crippen LogP contribution < -0.4 is 4.90 Å². The number of piperidine rings is 1. The van der Waals surface area contributed by atoms with Crippen LogP contribution in [-0.4, -0.2) is 38.2 Å². The number of aromatic nitrogens is 5. The average Bonchev–Trinajstić information content (AvgIpc) is 2.85. The summed E-state index contributed by atoms with van der Waals surface area (Å²) in [6, 6.07) is 18.0. The molecule has 4 aromatic rings. The number of nitrogens with zero attached hydrogens (tertiary/aromatic N) is 6. The first-order valence-corrected chi connectivity index (χ1v) is 10.3. The maximum absolute atomic E-state index is 4.69. The minimum absolute atomic E-state index is 0.586. The Morgan fingerprint density at radius 1 is 0.633 bits per heavy atom. The lowest BCUT2D eigenvalue weighted by Gasteiger charge is -2.32. The Kier molecular flexibility index (Phi) is 5.12. The van der Waals surface area contributed by atoms with Gasteiger partial charge in [-0.3, -0.25) is 4.98 Å². The molecule has 0 aliphatic carbocycles. The van der Waals surface area contributed by atoms with Crippen molar-refractivity contribution in [1.29, 1.82) is 0 Å². The second-order valence-corrected chi connectivity index (χ2v) is 7.32. The number of benzene rings is 1. The molecule has 5 rings (SSSR count). The minimum atomic E-state index is 0.586. The van der Waals surface area contributed by atoms with Crippen LogP contribution in [0.3, 0.4) is 0 Å². The SMILES string of the molecule is c1ccc(-c2nnc(-c3ncccn3)c(N3CCCCC3)c2-c2ccccn2)cc1. The third kappa shape index (κ3) is 3.52. The highest BCUT2D eigenvalue weighted by Crippen LogP contribution is 2.42. The summed E-state index contributed by atoms with van der Waals surface area (Å²) < 4.78 is 0. The third-order valence-corrected chi connectivity index (χ3v) is 5.37. The first-order chi connectivity index (χ1) is 14.9. The van der Waals surface area contributed by atoms with E-state index in [9.17, 15) is 0 Å². The van der Waals surface area contributed by atoms with Gasteiger partial charge in [0.1, 0.15) is 5.69 Å². The van der Waals surface area contributed by atoms with Crippen LogP contribution in [0.5, 0.6) is 0 Å². The van der Waals surface area contributed by atoms with E-state index < -0.39 is 0 Å². The van der Waals surface area contributed by atoms with Gasteiger partial charge in [-0.05, 0) is 37.5 Å². The molecule has 148 valence electrons. The molecule has 0 radical (unpaired) electrons. The highest BCUT2D eigenvalue weighted by molar-refractivity contribution is 5.94. The summed E-state index contributed by atoms with van der Waals surface area (Å²) in [6.45, 7) is 1.94. The molecular weight excluding hydrogens is 372 g/mol. The monoisotopic (exact) mass is 394 g/mol. The molecule has 1 aliphatic rings. The molecule has 0 atom stereocenters. The fourth-order valence-corrected chi connectivity index (χ4v) is 3.98. The molecule has 1 saturated heterocycles. The predicted octanol–water partition coefficient (Wildman–Crippen LogP) is 4.65. The van der Waals surface area contributed by atoms with Crippen LogP contribution in [0.2, 0.25) is 0 Å². The molecule has 0 N–H and O–H groups in total. The van der Waals surface area contributed by atoms with Crippen molar-refractivity contribution in [2.45, 2.75) is 19.3 Å². The summed E-state index contributed by atoms with van der Waals surface area (Å²) in [5, 5.41) is 9.30. The van der Waals surface area contributed by atoms with E-state index in [2.05, 4.69) is 37.2 Å². The summed E-state index contributed by atoms with van der Waals surface area (Å²) in [5.74, 6) is 0.586. The minimum Gasteiger partial charge on any atom is -0.369 e. The van der Waals surface area contributed by atoms with Crippen molar-refractivity contribution in [3.63, 3.8) is 0 Å². The topological polar surface area (TPSA) is 67.7 Å². The fraction of sp³-hybridized carbons (Fsp3) is 0.208. The number of anilines is 1. The number of rotatable bonds is 4. The van der Waals surface area contributed by atoms with E-state index in [0.29, 0.717) is 11.5 Å². The molecule has 6 heteroatoms. The summed E-state index contributed by atoms with van der Waals surface area (Å²) in [7, 11) is 0. The van der Waals surface area contributed by atoms with E-state index >= 15 is 0 Å². The molecule has 0 unspecified atom stereocenters. The molecule has 0 saturated carbocycles. The van der Waals surface area contributed by atoms with Gasteiger partial charge in [-0.1, -0.05) is 36.4 Å². The standard InChI is InChI=1S/C24H22N6/c1-3-10-18(11-4-1)21-20(19-12-5-6-13-25-19)23(30-16-7-2-8-17-30)22(29-28-21)24-26-14-9-15-27-24/h1,3-6,9-15H,2,7-8,16-17H2. The van der Waals surface area contributed by atoms with E-state index in [1.807, 2.05) is 48.7 Å². The maximum Gasteiger partial charge on any atom is 0.182 e. The Hall–Kier alpha value is -3.67. The van der Waals surface area contributed by atoms with Gasteiger partial charge in [-0.15, -0.1) is 10.2 Å². The molecule has 1 aromatic carbocycles. The lowest BCUT2D eigenvalue weighted by molar-refractivity contribution is 0.577. The number of pyridine rings is 1. The Morgan fingerprint density at radius 3 is 2.07 bits per heavy atom. The Balaban J connectivity index is 1.82. The quantitative estimate of drug-likeness (QED) is 0.502. The highest BCUT2D eigenvalue weighted by atomic mass is 15.2. The van der Waals surface area contributed by atoms with Crippen molar-refractivity contribution in [2.75, 3.05) is 18.0 Å². The zero-order chi connectivity index (χ0) is 20.2. The molecule has 1 fully saturated rings. The van der Waals surface area contributed by atoms with Gasteiger partial charge in [-0.25, -0.2) is 9.97 Å². The van der Waals surface area contributed by atoms with Crippen molar-refractivity contribution in [3.05, 3.63) is 73.2 Å². The van der Waals surface area contributed by atoms with Gasteiger partial charge in [0, 0.05) is 37.2 Å². The van der Waals surface area contributed by atoms with Crippen LogP contribution in [-0.2, 0) is 0 Å². The van der Waals surface area contributed by atoms with Crippen LogP contribution in [0.25, 0.3) is 34.0 Å². The third-order valence-electron chi connectivity index (χ3n) is 5.37. The summed E-state index contributed by atoms with van der Waals surface area (Å²) in [6.07, 6.45) is 8.87. The maximum atomic E-state index is 4.69. The van der Waals surface area contributed by atoms with Crippen LogP contribution in [0.4, 0.5) is 5.69 Å². The first-order valence-electron chi connectivity index (χ1n) is 10.3. The molecule has 6 nitrogen and oxygen atoms in total.